The molecular formula is C12H18N2O3S. The summed E-state index contributed by atoms with van der Waals surface area (Å²) in [7, 11) is -3.66. The number of hydrogen-bond donors (Lipinski definition) is 1. The van der Waals surface area contributed by atoms with Crippen molar-refractivity contribution in [1.82, 2.24) is 4.90 Å². The van der Waals surface area contributed by atoms with E-state index in [4.69, 9.17) is 9.88 Å². The molecule has 0 aromatic heterocycles. The smallest absolute Gasteiger partial charge is 0.238 e. The Bertz CT molecular complexity index is 522. The fraction of sp³-hybridized carbons (Fsp3) is 0.500. The highest BCUT2D eigenvalue weighted by atomic mass is 32.2. The van der Waals surface area contributed by atoms with Gasteiger partial charge in [-0.1, -0.05) is 12.1 Å². The van der Waals surface area contributed by atoms with E-state index < -0.39 is 10.0 Å². The second-order valence-electron chi connectivity index (χ2n) is 4.54. The summed E-state index contributed by atoms with van der Waals surface area (Å²) in [6.07, 6.45) is 0. The Hall–Kier alpha value is -0.950. The molecule has 2 N–H and O–H groups in total. The molecular weight excluding hydrogens is 252 g/mol. The molecule has 0 saturated carbocycles. The summed E-state index contributed by atoms with van der Waals surface area (Å²) in [4.78, 5) is 2.40. The van der Waals surface area contributed by atoms with Crippen molar-refractivity contribution >= 4 is 10.0 Å². The van der Waals surface area contributed by atoms with Gasteiger partial charge >= 0.3 is 0 Å². The quantitative estimate of drug-likeness (QED) is 0.867. The van der Waals surface area contributed by atoms with Crippen LogP contribution in [0.4, 0.5) is 0 Å². The molecule has 100 valence electrons. The van der Waals surface area contributed by atoms with Gasteiger partial charge in [0.05, 0.1) is 18.1 Å². The number of rotatable bonds is 3. The maximum absolute atomic E-state index is 11.6. The van der Waals surface area contributed by atoms with E-state index in [9.17, 15) is 8.42 Å². The summed E-state index contributed by atoms with van der Waals surface area (Å²) in [6, 6.07) is 5.38. The first-order valence-electron chi connectivity index (χ1n) is 5.89. The number of aryl methyl sites for hydroxylation is 1. The van der Waals surface area contributed by atoms with E-state index in [1.807, 2.05) is 19.1 Å². The van der Waals surface area contributed by atoms with E-state index in [-0.39, 0.29) is 4.90 Å². The van der Waals surface area contributed by atoms with Gasteiger partial charge in [-0.2, -0.15) is 0 Å². The molecule has 1 saturated heterocycles. The number of ether oxygens (including phenoxy) is 1. The molecule has 0 amide bonds. The molecule has 0 spiro atoms. The SMILES string of the molecule is Cc1ccc(CN2CCOCC2)c(S(N)(=O)=O)c1. The zero-order chi connectivity index (χ0) is 13.2. The molecule has 0 radical (unpaired) electrons. The van der Waals surface area contributed by atoms with Crippen molar-refractivity contribution in [1.29, 1.82) is 0 Å². The van der Waals surface area contributed by atoms with Crippen LogP contribution in [0.15, 0.2) is 23.1 Å². The van der Waals surface area contributed by atoms with Crippen molar-refractivity contribution < 1.29 is 13.2 Å². The second kappa shape index (κ2) is 5.36. The van der Waals surface area contributed by atoms with Crippen LogP contribution in [-0.2, 0) is 21.3 Å². The van der Waals surface area contributed by atoms with Crippen LogP contribution in [0.2, 0.25) is 0 Å². The third-order valence-electron chi connectivity index (χ3n) is 3.03. The van der Waals surface area contributed by atoms with Gasteiger partial charge < -0.3 is 4.74 Å². The van der Waals surface area contributed by atoms with Crippen molar-refractivity contribution in [3.05, 3.63) is 29.3 Å². The van der Waals surface area contributed by atoms with Gasteiger partial charge in [0, 0.05) is 19.6 Å². The standard InChI is InChI=1S/C12H18N2O3S/c1-10-2-3-11(12(8-10)18(13,15)16)9-14-4-6-17-7-5-14/h2-3,8H,4-7,9H2,1H3,(H2,13,15,16). The van der Waals surface area contributed by atoms with Crippen LogP contribution in [0, 0.1) is 6.92 Å². The Balaban J connectivity index is 2.26. The van der Waals surface area contributed by atoms with Crippen molar-refractivity contribution in [3.63, 3.8) is 0 Å². The zero-order valence-corrected chi connectivity index (χ0v) is 11.2. The molecule has 1 aliphatic rings. The Labute approximate surface area is 108 Å². The highest BCUT2D eigenvalue weighted by Gasteiger charge is 2.17. The van der Waals surface area contributed by atoms with Crippen LogP contribution in [0.1, 0.15) is 11.1 Å². The molecule has 0 unspecified atom stereocenters. The van der Waals surface area contributed by atoms with Gasteiger partial charge in [-0.05, 0) is 24.1 Å². The highest BCUT2D eigenvalue weighted by molar-refractivity contribution is 7.89. The largest absolute Gasteiger partial charge is 0.379 e. The molecule has 1 heterocycles. The summed E-state index contributed by atoms with van der Waals surface area (Å²) < 4.78 is 28.4. The van der Waals surface area contributed by atoms with E-state index in [0.29, 0.717) is 19.8 Å². The Kier molecular flexibility index (Phi) is 4.01. The zero-order valence-electron chi connectivity index (χ0n) is 10.4. The Morgan fingerprint density at radius 3 is 2.61 bits per heavy atom. The normalized spacial score (nSPS) is 17.9. The van der Waals surface area contributed by atoms with Crippen LogP contribution in [0.5, 0.6) is 0 Å². The lowest BCUT2D eigenvalue weighted by Gasteiger charge is -2.27. The summed E-state index contributed by atoms with van der Waals surface area (Å²) >= 11 is 0. The fourth-order valence-corrected chi connectivity index (χ4v) is 2.91. The first-order valence-corrected chi connectivity index (χ1v) is 7.44. The van der Waals surface area contributed by atoms with Gasteiger partial charge in [-0.25, -0.2) is 13.6 Å². The minimum Gasteiger partial charge on any atom is -0.379 e. The number of sulfonamides is 1. The predicted molar refractivity (Wildman–Crippen MR) is 68.6 cm³/mol. The number of nitrogens with two attached hydrogens (primary N) is 1. The van der Waals surface area contributed by atoms with Crippen LogP contribution in [0.3, 0.4) is 0 Å². The van der Waals surface area contributed by atoms with Gasteiger partial charge in [-0.15, -0.1) is 0 Å². The number of nitrogens with zero attached hydrogens (tertiary/aromatic N) is 1. The van der Waals surface area contributed by atoms with Gasteiger partial charge in [0.1, 0.15) is 0 Å². The molecule has 1 fully saturated rings. The van der Waals surface area contributed by atoms with Crippen LogP contribution >= 0.6 is 0 Å². The number of hydrogen-bond acceptors (Lipinski definition) is 4. The predicted octanol–water partition coefficient (Wildman–Crippen LogP) is 0.475. The van der Waals surface area contributed by atoms with Crippen molar-refractivity contribution in [2.24, 2.45) is 5.14 Å². The first kappa shape index (κ1) is 13.5. The monoisotopic (exact) mass is 270 g/mol. The fourth-order valence-electron chi connectivity index (χ4n) is 2.06. The van der Waals surface area contributed by atoms with Gasteiger partial charge in [0.25, 0.3) is 0 Å². The average molecular weight is 270 g/mol. The molecule has 0 bridgehead atoms. The Morgan fingerprint density at radius 2 is 2.00 bits per heavy atom. The molecule has 18 heavy (non-hydrogen) atoms. The van der Waals surface area contributed by atoms with Crippen LogP contribution < -0.4 is 5.14 Å². The summed E-state index contributed by atoms with van der Waals surface area (Å²) in [5.41, 5.74) is 1.65. The summed E-state index contributed by atoms with van der Waals surface area (Å²) in [6.45, 7) is 5.46. The lowest BCUT2D eigenvalue weighted by Crippen LogP contribution is -2.36. The molecule has 1 aliphatic heterocycles. The first-order chi connectivity index (χ1) is 8.47. The molecule has 1 aromatic carbocycles. The average Bonchev–Trinajstić information content (AvgIpc) is 2.31. The lowest BCUT2D eigenvalue weighted by atomic mass is 10.1. The highest BCUT2D eigenvalue weighted by Crippen LogP contribution is 2.18. The lowest BCUT2D eigenvalue weighted by molar-refractivity contribution is 0.0338. The molecule has 0 aliphatic carbocycles. The van der Waals surface area contributed by atoms with Gasteiger partial charge in [0.2, 0.25) is 10.0 Å². The van der Waals surface area contributed by atoms with E-state index in [1.54, 1.807) is 6.07 Å². The third-order valence-corrected chi connectivity index (χ3v) is 4.02. The third kappa shape index (κ3) is 3.29. The minimum absolute atomic E-state index is 0.231. The maximum atomic E-state index is 11.6. The van der Waals surface area contributed by atoms with E-state index >= 15 is 0 Å². The number of benzene rings is 1. The van der Waals surface area contributed by atoms with Gasteiger partial charge in [-0.3, -0.25) is 4.90 Å². The molecule has 5 nitrogen and oxygen atoms in total. The summed E-state index contributed by atoms with van der Waals surface area (Å²) in [5, 5.41) is 5.26. The van der Waals surface area contributed by atoms with Crippen molar-refractivity contribution in [3.8, 4) is 0 Å². The molecule has 0 atom stereocenters. The van der Waals surface area contributed by atoms with E-state index in [1.165, 1.54) is 0 Å². The second-order valence-corrected chi connectivity index (χ2v) is 6.07. The molecule has 2 rings (SSSR count). The maximum Gasteiger partial charge on any atom is 0.238 e. The Morgan fingerprint density at radius 1 is 1.33 bits per heavy atom. The number of primary sulfonamides is 1. The van der Waals surface area contributed by atoms with Crippen LogP contribution in [0.25, 0.3) is 0 Å². The van der Waals surface area contributed by atoms with E-state index in [0.717, 1.165) is 24.2 Å². The summed E-state index contributed by atoms with van der Waals surface area (Å²) in [5.74, 6) is 0. The van der Waals surface area contributed by atoms with Crippen molar-refractivity contribution in [2.45, 2.75) is 18.4 Å². The van der Waals surface area contributed by atoms with Gasteiger partial charge in [0.15, 0.2) is 0 Å². The van der Waals surface area contributed by atoms with E-state index in [2.05, 4.69) is 4.90 Å². The molecule has 1 aromatic rings. The molecule has 6 heteroatoms. The van der Waals surface area contributed by atoms with Crippen LogP contribution in [-0.4, -0.2) is 39.6 Å². The topological polar surface area (TPSA) is 72.6 Å². The minimum atomic E-state index is -3.66. The number of morpholine rings is 1. The van der Waals surface area contributed by atoms with Crippen molar-refractivity contribution in [2.75, 3.05) is 26.3 Å².